The summed E-state index contributed by atoms with van der Waals surface area (Å²) < 4.78 is 0. The van der Waals surface area contributed by atoms with Crippen molar-refractivity contribution < 1.29 is 20.1 Å². The first-order valence-corrected chi connectivity index (χ1v) is 11.5. The minimum absolute atomic E-state index is 0.0973. The van der Waals surface area contributed by atoms with E-state index in [1.165, 1.54) is 6.08 Å². The van der Waals surface area contributed by atoms with Gasteiger partial charge in [0.15, 0.2) is 0 Å². The lowest BCUT2D eigenvalue weighted by molar-refractivity contribution is -0.130. The molecule has 0 bridgehead atoms. The van der Waals surface area contributed by atoms with Crippen LogP contribution >= 0.6 is 0 Å². The fourth-order valence-corrected chi connectivity index (χ4v) is 5.57. The van der Waals surface area contributed by atoms with Crippen molar-refractivity contribution in [1.29, 1.82) is 0 Å². The van der Waals surface area contributed by atoms with Crippen molar-refractivity contribution >= 4 is 12.0 Å². The van der Waals surface area contributed by atoms with Crippen LogP contribution in [0.25, 0.3) is 6.08 Å². The summed E-state index contributed by atoms with van der Waals surface area (Å²) in [7, 11) is 0. The van der Waals surface area contributed by atoms with Crippen molar-refractivity contribution in [1.82, 2.24) is 10.2 Å². The van der Waals surface area contributed by atoms with E-state index in [9.17, 15) is 20.1 Å². The van der Waals surface area contributed by atoms with Crippen molar-refractivity contribution in [3.05, 3.63) is 78.4 Å². The number of aliphatic hydroxyl groups is 1. The molecule has 4 rings (SSSR count). The van der Waals surface area contributed by atoms with Crippen LogP contribution < -0.4 is 5.32 Å². The number of benzene rings is 2. The number of carbonyl (C=O) groups is 1. The first-order chi connectivity index (χ1) is 15.8. The van der Waals surface area contributed by atoms with Crippen LogP contribution in [0.15, 0.2) is 67.3 Å². The molecule has 2 aliphatic rings. The number of aromatic hydroxyl groups is 2. The first-order valence-electron chi connectivity index (χ1n) is 11.5. The van der Waals surface area contributed by atoms with E-state index in [0.717, 1.165) is 30.6 Å². The molecule has 0 unspecified atom stereocenters. The summed E-state index contributed by atoms with van der Waals surface area (Å²) in [5, 5.41) is 34.8. The number of likely N-dealkylation sites (tertiary alicyclic amines) is 1. The van der Waals surface area contributed by atoms with Crippen LogP contribution in [0, 0.1) is 0 Å². The zero-order chi connectivity index (χ0) is 23.5. The summed E-state index contributed by atoms with van der Waals surface area (Å²) in [4.78, 5) is 14.9. The van der Waals surface area contributed by atoms with Gasteiger partial charge in [-0.25, -0.2) is 0 Å². The number of carbonyl (C=O) groups excluding carboxylic acids is 1. The van der Waals surface area contributed by atoms with E-state index >= 15 is 0 Å². The van der Waals surface area contributed by atoms with Crippen LogP contribution in [0.5, 0.6) is 11.5 Å². The molecule has 174 valence electrons. The summed E-state index contributed by atoms with van der Waals surface area (Å²) >= 11 is 0. The fraction of sp³-hybridized carbons (Fsp3) is 0.370. The highest BCUT2D eigenvalue weighted by molar-refractivity contribution is 5.92. The van der Waals surface area contributed by atoms with Gasteiger partial charge in [-0.2, -0.15) is 0 Å². The predicted octanol–water partition coefficient (Wildman–Crippen LogP) is 3.34. The van der Waals surface area contributed by atoms with Crippen LogP contribution in [0.3, 0.4) is 0 Å². The van der Waals surface area contributed by atoms with Gasteiger partial charge in [0.1, 0.15) is 11.5 Å². The number of phenolic OH excluding ortho intramolecular Hbond substituents is 2. The van der Waals surface area contributed by atoms with E-state index in [2.05, 4.69) is 16.8 Å². The lowest BCUT2D eigenvalue weighted by atomic mass is 9.55. The van der Waals surface area contributed by atoms with E-state index in [0.29, 0.717) is 25.8 Å². The number of nitrogens with zero attached hydrogens (tertiary/aromatic N) is 1. The molecule has 2 aromatic rings. The summed E-state index contributed by atoms with van der Waals surface area (Å²) in [5.74, 6) is 0.127. The summed E-state index contributed by atoms with van der Waals surface area (Å²) in [6.07, 6.45) is 7.56. The Morgan fingerprint density at radius 3 is 2.64 bits per heavy atom. The van der Waals surface area contributed by atoms with Gasteiger partial charge in [0.25, 0.3) is 0 Å². The van der Waals surface area contributed by atoms with Gasteiger partial charge >= 0.3 is 0 Å². The molecule has 0 aromatic heterocycles. The third kappa shape index (κ3) is 4.82. The summed E-state index contributed by atoms with van der Waals surface area (Å²) in [6.45, 7) is 5.90. The second-order valence-electron chi connectivity index (χ2n) is 9.31. The normalized spacial score (nSPS) is 27.7. The van der Waals surface area contributed by atoms with Crippen molar-refractivity contribution in [2.24, 2.45) is 0 Å². The molecule has 1 aliphatic carbocycles. The Morgan fingerprint density at radius 2 is 1.91 bits per heavy atom. The molecule has 1 amide bonds. The number of phenols is 2. The van der Waals surface area contributed by atoms with Crippen LogP contribution in [0.4, 0.5) is 0 Å². The van der Waals surface area contributed by atoms with Crippen molar-refractivity contribution in [3.63, 3.8) is 0 Å². The minimum Gasteiger partial charge on any atom is -0.508 e. The fourth-order valence-electron chi connectivity index (χ4n) is 5.57. The number of hydrogen-bond acceptors (Lipinski definition) is 5. The van der Waals surface area contributed by atoms with Crippen molar-refractivity contribution in [2.45, 2.75) is 42.7 Å². The zero-order valence-corrected chi connectivity index (χ0v) is 18.8. The molecular formula is C27H32N2O4. The van der Waals surface area contributed by atoms with Crippen molar-refractivity contribution in [3.8, 4) is 11.5 Å². The molecule has 0 radical (unpaired) electrons. The number of fused-ring (bicyclic) bond motifs is 1. The molecule has 3 atom stereocenters. The molecule has 1 saturated heterocycles. The summed E-state index contributed by atoms with van der Waals surface area (Å²) in [5.41, 5.74) is 0.140. The van der Waals surface area contributed by atoms with Crippen molar-refractivity contribution in [2.75, 3.05) is 19.6 Å². The predicted molar refractivity (Wildman–Crippen MR) is 129 cm³/mol. The van der Waals surface area contributed by atoms with E-state index in [1.807, 2.05) is 24.3 Å². The molecule has 1 heterocycles. The third-order valence-electron chi connectivity index (χ3n) is 7.16. The molecule has 2 fully saturated rings. The van der Waals surface area contributed by atoms with Crippen LogP contribution in [0.1, 0.15) is 36.8 Å². The summed E-state index contributed by atoms with van der Waals surface area (Å²) in [6, 6.07) is 13.8. The first kappa shape index (κ1) is 23.1. The molecular weight excluding hydrogens is 416 g/mol. The Bertz CT molecular complexity index is 1050. The average molecular weight is 449 g/mol. The van der Waals surface area contributed by atoms with E-state index in [4.69, 9.17) is 0 Å². The van der Waals surface area contributed by atoms with Gasteiger partial charge < -0.3 is 20.6 Å². The number of amides is 1. The monoisotopic (exact) mass is 448 g/mol. The number of hydrogen-bond donors (Lipinski definition) is 4. The van der Waals surface area contributed by atoms with Gasteiger partial charge in [-0.05, 0) is 73.7 Å². The lowest BCUT2D eigenvalue weighted by Crippen LogP contribution is -2.67. The zero-order valence-electron chi connectivity index (χ0n) is 18.8. The Labute approximate surface area is 194 Å². The molecule has 4 N–H and O–H groups in total. The quantitative estimate of drug-likeness (QED) is 0.402. The van der Waals surface area contributed by atoms with Crippen LogP contribution in [-0.4, -0.2) is 57.4 Å². The molecule has 1 aliphatic heterocycles. The minimum atomic E-state index is -0.958. The number of piperidine rings is 1. The number of rotatable bonds is 6. The van der Waals surface area contributed by atoms with Gasteiger partial charge in [0, 0.05) is 30.6 Å². The lowest BCUT2D eigenvalue weighted by Gasteiger charge is -2.58. The molecule has 33 heavy (non-hydrogen) atoms. The van der Waals surface area contributed by atoms with Crippen LogP contribution in [0.2, 0.25) is 0 Å². The third-order valence-corrected chi connectivity index (χ3v) is 7.16. The van der Waals surface area contributed by atoms with Gasteiger partial charge in [0.05, 0.1) is 5.60 Å². The Morgan fingerprint density at radius 1 is 1.15 bits per heavy atom. The van der Waals surface area contributed by atoms with E-state index < -0.39 is 11.0 Å². The second-order valence-corrected chi connectivity index (χ2v) is 9.31. The maximum absolute atomic E-state index is 12.7. The van der Waals surface area contributed by atoms with Gasteiger partial charge in [0.2, 0.25) is 5.91 Å². The Kier molecular flexibility index (Phi) is 6.58. The molecule has 1 saturated carbocycles. The second kappa shape index (κ2) is 9.41. The highest BCUT2D eigenvalue weighted by atomic mass is 16.3. The van der Waals surface area contributed by atoms with Crippen LogP contribution in [-0.2, 0) is 10.2 Å². The molecule has 2 aromatic carbocycles. The highest BCUT2D eigenvalue weighted by Crippen LogP contribution is 2.52. The van der Waals surface area contributed by atoms with Gasteiger partial charge in [-0.15, -0.1) is 6.58 Å². The number of β-amino-alcohol motifs (C(OH)–C–C–N with tert-alkyl or cyclic N) is 1. The molecule has 6 heteroatoms. The molecule has 0 spiro atoms. The highest BCUT2D eigenvalue weighted by Gasteiger charge is 2.57. The Balaban J connectivity index is 1.55. The maximum atomic E-state index is 12.7. The number of nitrogens with one attached hydrogen (secondary N) is 1. The van der Waals surface area contributed by atoms with E-state index in [-0.39, 0.29) is 23.4 Å². The maximum Gasteiger partial charge on any atom is 0.244 e. The SMILES string of the molecule is C=CCN1CC[C@@]2(c3cccc(O)c3)C[C@@H](NC(=O)C=Cc3cccc(O)c3)CC[C@]2(O)C1. The van der Waals surface area contributed by atoms with Gasteiger partial charge in [-0.1, -0.05) is 30.3 Å². The largest absolute Gasteiger partial charge is 0.508 e. The smallest absolute Gasteiger partial charge is 0.244 e. The topological polar surface area (TPSA) is 93.0 Å². The average Bonchev–Trinajstić information content (AvgIpc) is 2.78. The van der Waals surface area contributed by atoms with Gasteiger partial charge in [-0.3, -0.25) is 9.69 Å². The molecule has 6 nitrogen and oxygen atoms in total. The standard InChI is InChI=1S/C27H32N2O4/c1-2-14-29-15-13-26(21-6-4-8-24(31)17-21)18-22(11-12-27(26,33)19-29)28-25(32)10-9-20-5-3-7-23(30)16-20/h2-10,16-17,22,30-31,33H,1,11-15,18-19H2,(H,28,32)/t22-,26-,27-/m0/s1. The van der Waals surface area contributed by atoms with E-state index in [1.54, 1.807) is 36.4 Å². The Hall–Kier alpha value is -3.09.